The summed E-state index contributed by atoms with van der Waals surface area (Å²) in [6.45, 7) is 13.1. The second kappa shape index (κ2) is 30.3. The van der Waals surface area contributed by atoms with Crippen molar-refractivity contribution in [2.45, 2.75) is 69.6 Å². The molecule has 105 heavy (non-hydrogen) atoms. The van der Waals surface area contributed by atoms with E-state index in [1.165, 1.54) is 100 Å². The lowest BCUT2D eigenvalue weighted by molar-refractivity contribution is 0.626. The van der Waals surface area contributed by atoms with Gasteiger partial charge in [0, 0.05) is 67.7 Å². The first-order valence-corrected chi connectivity index (χ1v) is 35.5. The molecule has 0 amide bonds. The molecule has 524 valence electrons. The molecule has 0 fully saturated rings. The van der Waals surface area contributed by atoms with Crippen LogP contribution in [0.4, 0.5) is 56.9 Å². The first-order chi connectivity index (χ1) is 50.5. The summed E-state index contributed by atoms with van der Waals surface area (Å²) < 4.78 is 0. The smallest absolute Gasteiger partial charge is 0.0713 e. The van der Waals surface area contributed by atoms with E-state index in [-0.39, 0.29) is 16.2 Å². The average molecular weight is 1380 g/mol. The zero-order valence-corrected chi connectivity index (χ0v) is 60.7. The Kier molecular flexibility index (Phi) is 20.8. The molecule has 0 unspecified atom stereocenters. The fourth-order valence-corrected chi connectivity index (χ4v) is 14.8. The van der Waals surface area contributed by atoms with E-state index >= 15 is 0 Å². The number of rotatable bonds is 10. The number of nitrogens with two attached hydrogens (primary N) is 10. The molecule has 0 bridgehead atoms. The molecule has 14 aromatic rings. The average Bonchev–Trinajstić information content (AvgIpc) is 1.38. The van der Waals surface area contributed by atoms with Gasteiger partial charge in [0.05, 0.1) is 10.8 Å². The summed E-state index contributed by atoms with van der Waals surface area (Å²) in [6.07, 6.45) is 0.917. The van der Waals surface area contributed by atoms with E-state index in [1.54, 1.807) is 24.3 Å². The summed E-state index contributed by atoms with van der Waals surface area (Å²) >= 11 is 0. The molecular formula is C95H94N10. The third-order valence-electron chi connectivity index (χ3n) is 20.9. The fourth-order valence-electron chi connectivity index (χ4n) is 14.8. The van der Waals surface area contributed by atoms with Gasteiger partial charge in [-0.25, -0.2) is 0 Å². The van der Waals surface area contributed by atoms with Gasteiger partial charge < -0.3 is 57.3 Å². The minimum atomic E-state index is -0.399. The monoisotopic (exact) mass is 1370 g/mol. The molecule has 0 atom stereocenters. The summed E-state index contributed by atoms with van der Waals surface area (Å²) in [7, 11) is 0. The number of nitrogen functional groups attached to an aromatic ring is 10. The van der Waals surface area contributed by atoms with Crippen LogP contribution in [0.25, 0.3) is 22.3 Å². The van der Waals surface area contributed by atoms with Crippen molar-refractivity contribution in [3.05, 3.63) is 417 Å². The molecule has 16 rings (SSSR count). The molecule has 0 aromatic heterocycles. The third-order valence-corrected chi connectivity index (χ3v) is 20.9. The Morgan fingerprint density at radius 3 is 0.686 bits per heavy atom. The third kappa shape index (κ3) is 14.8. The van der Waals surface area contributed by atoms with Crippen LogP contribution in [-0.2, 0) is 28.1 Å². The number of benzene rings is 14. The molecule has 2 aliphatic rings. The molecule has 0 saturated carbocycles. The molecule has 14 aromatic carbocycles. The van der Waals surface area contributed by atoms with Crippen molar-refractivity contribution in [2.24, 2.45) is 0 Å². The van der Waals surface area contributed by atoms with E-state index in [4.69, 9.17) is 57.3 Å². The summed E-state index contributed by atoms with van der Waals surface area (Å²) in [6, 6.07) is 112. The lowest BCUT2D eigenvalue weighted by Gasteiger charge is -2.34. The van der Waals surface area contributed by atoms with Crippen molar-refractivity contribution < 1.29 is 0 Å². The first-order valence-electron chi connectivity index (χ1n) is 35.5. The van der Waals surface area contributed by atoms with Crippen LogP contribution in [0.1, 0.15) is 117 Å². The predicted molar refractivity (Wildman–Crippen MR) is 447 cm³/mol. The molecule has 10 heteroatoms. The Balaban J connectivity index is 0.000000129. The summed E-state index contributed by atoms with van der Waals surface area (Å²) in [5.74, 6) is 0. The lowest BCUT2D eigenvalue weighted by atomic mass is 9.67. The van der Waals surface area contributed by atoms with Gasteiger partial charge in [-0.2, -0.15) is 0 Å². The fraction of sp³-hybridized carbons (Fsp3) is 0.116. The minimum Gasteiger partial charge on any atom is -0.399 e. The molecular weight excluding hydrogens is 1280 g/mol. The van der Waals surface area contributed by atoms with Crippen LogP contribution in [0.2, 0.25) is 0 Å². The van der Waals surface area contributed by atoms with Gasteiger partial charge in [0.15, 0.2) is 0 Å². The van der Waals surface area contributed by atoms with E-state index in [9.17, 15) is 0 Å². The Morgan fingerprint density at radius 1 is 0.229 bits per heavy atom. The van der Waals surface area contributed by atoms with Gasteiger partial charge in [-0.15, -0.1) is 0 Å². The maximum absolute atomic E-state index is 6.19. The maximum Gasteiger partial charge on any atom is 0.0713 e. The van der Waals surface area contributed by atoms with E-state index in [0.717, 1.165) is 74.4 Å². The second-order valence-electron chi connectivity index (χ2n) is 28.5. The lowest BCUT2D eigenvalue weighted by Crippen LogP contribution is -2.29. The summed E-state index contributed by atoms with van der Waals surface area (Å²) in [5.41, 5.74) is 90.0. The maximum atomic E-state index is 6.19. The number of hydrogen-bond donors (Lipinski definition) is 10. The Morgan fingerprint density at radius 2 is 0.429 bits per heavy atom. The second-order valence-corrected chi connectivity index (χ2v) is 28.5. The normalized spacial score (nSPS) is 12.5. The Hall–Kier alpha value is -12.9. The molecule has 20 N–H and O–H groups in total. The number of hydrogen-bond acceptors (Lipinski definition) is 10. The molecule has 0 saturated heterocycles. The van der Waals surface area contributed by atoms with Gasteiger partial charge in [-0.1, -0.05) is 246 Å². The van der Waals surface area contributed by atoms with Gasteiger partial charge in [-0.05, 0) is 241 Å². The van der Waals surface area contributed by atoms with Gasteiger partial charge in [0.25, 0.3) is 0 Å². The van der Waals surface area contributed by atoms with Crippen LogP contribution >= 0.6 is 0 Å². The van der Waals surface area contributed by atoms with Crippen LogP contribution in [0.5, 0.6) is 0 Å². The first kappa shape index (κ1) is 71.9. The standard InChI is InChI=1S/C27H24N2.C25H20N2.C24H28N2.C13H14N2.C6H8N2/c1-17-15-19(11-13-25(17)28)27(20-12-14-26(29)18(2)16-20)23-9-5-3-7-21(23)22-8-4-6-10-24(22)27;26-19-13-9-17(10-14-19)25(18-11-15-20(27)16-12-18)23-7-3-1-5-21(23)22-6-2-4-8-24(22)25;1-23(2,19-9-13-21(25)14-10-19)17-5-7-18(8-6-17)24(3,4)20-11-15-22(26)16-12-20;14-12-5-1-10(2-6-12)9-11-3-7-13(15)8-4-11;7-5-1-2-6(8)4-3-5/h3-16H,28-29H2,1-2H3;1-16H,26-27H2;5-16H,25-26H2,1-4H3;1-8H,9,14-15H2;1-4H,7-8H2. The zero-order valence-electron chi connectivity index (χ0n) is 60.7. The Labute approximate surface area is 619 Å². The number of fused-ring (bicyclic) bond motifs is 6. The topological polar surface area (TPSA) is 260 Å². The SMILES string of the molecule is CC(C)(c1ccc(N)cc1)c1ccc(C(C)(C)c2ccc(N)cc2)cc1.Cc1cc(C2(c3ccc(N)c(C)c3)c3ccccc3-c3ccccc32)ccc1N.Nc1ccc(C2(c3ccc(N)cc3)c3ccccc3-c3ccccc32)cc1.Nc1ccc(Cc2ccc(N)cc2)cc1.Nc1ccc(N)cc1. The van der Waals surface area contributed by atoms with Crippen LogP contribution in [0, 0.1) is 13.8 Å². The molecule has 0 heterocycles. The van der Waals surface area contributed by atoms with Gasteiger partial charge in [0.1, 0.15) is 0 Å². The zero-order chi connectivity index (χ0) is 74.2. The summed E-state index contributed by atoms with van der Waals surface area (Å²) in [5, 5.41) is 0. The highest BCUT2D eigenvalue weighted by Crippen LogP contribution is 2.58. The van der Waals surface area contributed by atoms with Gasteiger partial charge in [-0.3, -0.25) is 0 Å². The largest absolute Gasteiger partial charge is 0.399 e. The van der Waals surface area contributed by atoms with Gasteiger partial charge in [0.2, 0.25) is 0 Å². The number of anilines is 10. The van der Waals surface area contributed by atoms with E-state index < -0.39 is 5.41 Å². The van der Waals surface area contributed by atoms with Gasteiger partial charge >= 0.3 is 0 Å². The van der Waals surface area contributed by atoms with Crippen molar-refractivity contribution in [3.8, 4) is 22.3 Å². The van der Waals surface area contributed by atoms with Crippen molar-refractivity contribution in [2.75, 3.05) is 57.3 Å². The van der Waals surface area contributed by atoms with Crippen LogP contribution in [0.15, 0.2) is 328 Å². The minimum absolute atomic E-state index is 0.0719. The van der Waals surface area contributed by atoms with E-state index in [1.807, 2.05) is 109 Å². The highest BCUT2D eigenvalue weighted by Gasteiger charge is 2.47. The van der Waals surface area contributed by atoms with Crippen molar-refractivity contribution in [1.82, 2.24) is 0 Å². The van der Waals surface area contributed by atoms with E-state index in [0.29, 0.717) is 0 Å². The highest BCUT2D eigenvalue weighted by molar-refractivity contribution is 5.88. The quantitative estimate of drug-likeness (QED) is 0.0579. The molecule has 0 aliphatic heterocycles. The Bertz CT molecular complexity index is 4970. The van der Waals surface area contributed by atoms with Crippen LogP contribution in [-0.4, -0.2) is 0 Å². The molecule has 0 radical (unpaired) electrons. The number of aryl methyl sites for hydroxylation is 2. The highest BCUT2D eigenvalue weighted by atomic mass is 14.6. The van der Waals surface area contributed by atoms with Crippen LogP contribution < -0.4 is 57.3 Å². The molecule has 2 aliphatic carbocycles. The molecule has 0 spiro atoms. The molecule has 10 nitrogen and oxygen atoms in total. The van der Waals surface area contributed by atoms with Crippen LogP contribution in [0.3, 0.4) is 0 Å². The van der Waals surface area contributed by atoms with E-state index in [2.05, 4.69) is 236 Å². The van der Waals surface area contributed by atoms with Crippen molar-refractivity contribution >= 4 is 56.9 Å². The van der Waals surface area contributed by atoms with Crippen molar-refractivity contribution in [3.63, 3.8) is 0 Å². The summed E-state index contributed by atoms with van der Waals surface area (Å²) in [4.78, 5) is 0. The van der Waals surface area contributed by atoms with Crippen molar-refractivity contribution in [1.29, 1.82) is 0 Å². The predicted octanol–water partition coefficient (Wildman–Crippen LogP) is 19.8.